The van der Waals surface area contributed by atoms with Crippen molar-refractivity contribution in [1.29, 1.82) is 0 Å². The Labute approximate surface area is 99.1 Å². The van der Waals surface area contributed by atoms with Gasteiger partial charge in [-0.3, -0.25) is 9.59 Å². The lowest BCUT2D eigenvalue weighted by Crippen LogP contribution is -2.21. The highest BCUT2D eigenvalue weighted by Crippen LogP contribution is 2.13. The summed E-state index contributed by atoms with van der Waals surface area (Å²) in [5.41, 5.74) is 6.43. The zero-order valence-corrected chi connectivity index (χ0v) is 9.53. The van der Waals surface area contributed by atoms with Crippen LogP contribution in [-0.4, -0.2) is 32.1 Å². The Morgan fingerprint density at radius 3 is 2.00 bits per heavy atom. The van der Waals surface area contributed by atoms with E-state index >= 15 is 0 Å². The van der Waals surface area contributed by atoms with Gasteiger partial charge in [-0.1, -0.05) is 0 Å². The van der Waals surface area contributed by atoms with Gasteiger partial charge in [-0.05, 0) is 24.3 Å². The lowest BCUT2D eigenvalue weighted by atomic mass is 10.2. The molecule has 0 aliphatic carbocycles. The molecule has 4 N–H and O–H groups in total. The van der Waals surface area contributed by atoms with Gasteiger partial charge in [0.2, 0.25) is 11.8 Å². The fourth-order valence-corrected chi connectivity index (χ4v) is 1.18. The van der Waals surface area contributed by atoms with Crippen LogP contribution in [0.25, 0.3) is 0 Å². The van der Waals surface area contributed by atoms with Crippen LogP contribution in [-0.2, 0) is 14.3 Å². The molecule has 0 bridgehead atoms. The van der Waals surface area contributed by atoms with Crippen molar-refractivity contribution < 1.29 is 14.3 Å². The molecule has 0 saturated carbocycles. The van der Waals surface area contributed by atoms with Crippen molar-refractivity contribution in [2.24, 2.45) is 5.73 Å². The molecule has 2 amide bonds. The van der Waals surface area contributed by atoms with Crippen LogP contribution < -0.4 is 16.4 Å². The van der Waals surface area contributed by atoms with Crippen LogP contribution in [0.4, 0.5) is 11.4 Å². The van der Waals surface area contributed by atoms with Gasteiger partial charge >= 0.3 is 0 Å². The summed E-state index contributed by atoms with van der Waals surface area (Å²) in [6.45, 7) is -0.0576. The Balaban J connectivity index is 2.55. The molecule has 0 spiro atoms. The molecular formula is C11H15N3O3. The Kier molecular flexibility index (Phi) is 5.12. The number of anilines is 2. The zero-order chi connectivity index (χ0) is 12.7. The predicted molar refractivity (Wildman–Crippen MR) is 64.6 cm³/mol. The van der Waals surface area contributed by atoms with E-state index in [2.05, 4.69) is 15.4 Å². The minimum Gasteiger partial charge on any atom is -0.375 e. The molecule has 92 valence electrons. The molecule has 1 aromatic carbocycles. The number of nitrogens with two attached hydrogens (primary N) is 1. The van der Waals surface area contributed by atoms with E-state index in [9.17, 15) is 9.59 Å². The van der Waals surface area contributed by atoms with E-state index in [1.165, 1.54) is 7.11 Å². The number of methoxy groups -OCH3 is 1. The molecule has 1 rings (SSSR count). The molecule has 6 heteroatoms. The topological polar surface area (TPSA) is 93.5 Å². The summed E-state index contributed by atoms with van der Waals surface area (Å²) < 4.78 is 4.68. The first-order valence-electron chi connectivity index (χ1n) is 5.04. The lowest BCUT2D eigenvalue weighted by Gasteiger charge is -2.06. The second-order valence-electron chi connectivity index (χ2n) is 3.31. The van der Waals surface area contributed by atoms with E-state index in [-0.39, 0.29) is 25.0 Å². The molecule has 0 aliphatic heterocycles. The molecule has 0 saturated heterocycles. The van der Waals surface area contributed by atoms with Crippen LogP contribution in [0.3, 0.4) is 0 Å². The van der Waals surface area contributed by atoms with Crippen molar-refractivity contribution in [2.45, 2.75) is 0 Å². The number of ether oxygens (including phenoxy) is 1. The molecule has 0 heterocycles. The summed E-state index contributed by atoms with van der Waals surface area (Å²) >= 11 is 0. The summed E-state index contributed by atoms with van der Waals surface area (Å²) in [4.78, 5) is 22.2. The third kappa shape index (κ3) is 4.62. The Hall–Kier alpha value is -1.92. The Bertz CT molecular complexity index is 389. The average Bonchev–Trinajstić information content (AvgIpc) is 2.32. The predicted octanol–water partition coefficient (Wildman–Crippen LogP) is 0.169. The van der Waals surface area contributed by atoms with E-state index < -0.39 is 0 Å². The number of hydrogen-bond acceptors (Lipinski definition) is 4. The van der Waals surface area contributed by atoms with Crippen LogP contribution >= 0.6 is 0 Å². The van der Waals surface area contributed by atoms with Gasteiger partial charge < -0.3 is 21.1 Å². The molecule has 0 unspecified atom stereocenters. The van der Waals surface area contributed by atoms with E-state index in [0.29, 0.717) is 11.4 Å². The van der Waals surface area contributed by atoms with Crippen LogP contribution in [0.2, 0.25) is 0 Å². The van der Waals surface area contributed by atoms with Crippen molar-refractivity contribution in [2.75, 3.05) is 30.9 Å². The molecule has 0 atom stereocenters. The highest BCUT2D eigenvalue weighted by atomic mass is 16.5. The first-order valence-corrected chi connectivity index (χ1v) is 5.04. The second kappa shape index (κ2) is 6.62. The van der Waals surface area contributed by atoms with Gasteiger partial charge in [0, 0.05) is 18.5 Å². The zero-order valence-electron chi connectivity index (χ0n) is 9.53. The quantitative estimate of drug-likeness (QED) is 0.680. The number of amides is 2. The molecule has 0 fully saturated rings. The molecule has 6 nitrogen and oxygen atoms in total. The smallest absolute Gasteiger partial charge is 0.250 e. The van der Waals surface area contributed by atoms with E-state index in [0.717, 1.165) is 0 Å². The number of hydrogen-bond donors (Lipinski definition) is 3. The summed E-state index contributed by atoms with van der Waals surface area (Å²) in [6, 6.07) is 6.71. The average molecular weight is 237 g/mol. The van der Waals surface area contributed by atoms with E-state index in [1.54, 1.807) is 24.3 Å². The molecule has 0 aliphatic rings. The number of rotatable bonds is 5. The molecule has 17 heavy (non-hydrogen) atoms. The van der Waals surface area contributed by atoms with Gasteiger partial charge in [0.05, 0.1) is 6.54 Å². The number of benzene rings is 1. The van der Waals surface area contributed by atoms with Crippen LogP contribution in [0.15, 0.2) is 24.3 Å². The minimum absolute atomic E-state index is 0.00562. The fraction of sp³-hybridized carbons (Fsp3) is 0.273. The number of carbonyl (C=O) groups excluding carboxylic acids is 2. The van der Waals surface area contributed by atoms with E-state index in [1.807, 2.05) is 0 Å². The van der Waals surface area contributed by atoms with Crippen LogP contribution in [0.1, 0.15) is 0 Å². The maximum atomic E-state index is 11.2. The maximum absolute atomic E-state index is 11.2. The standard InChI is InChI=1S/C11H15N3O3/c1-17-7-11(16)14-9-4-2-8(3-5-9)13-10(15)6-12/h2-5H,6-7,12H2,1H3,(H,13,15)(H,14,16). The maximum Gasteiger partial charge on any atom is 0.250 e. The van der Waals surface area contributed by atoms with E-state index in [4.69, 9.17) is 5.73 Å². The third-order valence-corrected chi connectivity index (χ3v) is 1.91. The van der Waals surface area contributed by atoms with Crippen molar-refractivity contribution in [3.05, 3.63) is 24.3 Å². The Morgan fingerprint density at radius 1 is 1.12 bits per heavy atom. The van der Waals surface area contributed by atoms with Gasteiger partial charge in [0.25, 0.3) is 0 Å². The van der Waals surface area contributed by atoms with Crippen molar-refractivity contribution in [3.8, 4) is 0 Å². The van der Waals surface area contributed by atoms with Gasteiger partial charge in [-0.25, -0.2) is 0 Å². The van der Waals surface area contributed by atoms with Gasteiger partial charge in [0.15, 0.2) is 0 Å². The molecule has 0 radical (unpaired) electrons. The van der Waals surface area contributed by atoms with Gasteiger partial charge in [0.1, 0.15) is 6.61 Å². The van der Waals surface area contributed by atoms with Crippen molar-refractivity contribution >= 4 is 23.2 Å². The first kappa shape index (κ1) is 13.1. The molecular weight excluding hydrogens is 222 g/mol. The van der Waals surface area contributed by atoms with Crippen LogP contribution in [0.5, 0.6) is 0 Å². The summed E-state index contributed by atoms with van der Waals surface area (Å²) in [7, 11) is 1.45. The monoisotopic (exact) mass is 237 g/mol. The highest BCUT2D eigenvalue weighted by molar-refractivity contribution is 5.94. The SMILES string of the molecule is COCC(=O)Nc1ccc(NC(=O)CN)cc1. The van der Waals surface area contributed by atoms with Gasteiger partial charge in [-0.2, -0.15) is 0 Å². The fourth-order valence-electron chi connectivity index (χ4n) is 1.18. The molecule has 0 aromatic heterocycles. The van der Waals surface area contributed by atoms with Crippen LogP contribution in [0, 0.1) is 0 Å². The first-order chi connectivity index (χ1) is 8.15. The highest BCUT2D eigenvalue weighted by Gasteiger charge is 2.02. The Morgan fingerprint density at radius 2 is 1.59 bits per heavy atom. The van der Waals surface area contributed by atoms with Crippen molar-refractivity contribution in [3.63, 3.8) is 0 Å². The van der Waals surface area contributed by atoms with Crippen molar-refractivity contribution in [1.82, 2.24) is 0 Å². The minimum atomic E-state index is -0.263. The lowest BCUT2D eigenvalue weighted by molar-refractivity contribution is -0.119. The number of carbonyl (C=O) groups is 2. The second-order valence-corrected chi connectivity index (χ2v) is 3.31. The van der Waals surface area contributed by atoms with Gasteiger partial charge in [-0.15, -0.1) is 0 Å². The molecule has 1 aromatic rings. The largest absolute Gasteiger partial charge is 0.375 e. The summed E-state index contributed by atoms with van der Waals surface area (Å²) in [5, 5.41) is 5.23. The summed E-state index contributed by atoms with van der Waals surface area (Å²) in [6.07, 6.45) is 0. The number of nitrogens with one attached hydrogen (secondary N) is 2. The summed E-state index contributed by atoms with van der Waals surface area (Å²) in [5.74, 6) is -0.493. The normalized spacial score (nSPS) is 9.76. The third-order valence-electron chi connectivity index (χ3n) is 1.91.